The van der Waals surface area contributed by atoms with Crippen LogP contribution in [0, 0.1) is 5.82 Å². The number of nitrogens with one attached hydrogen (secondary N) is 2. The Kier molecular flexibility index (Phi) is 5.03. The van der Waals surface area contributed by atoms with E-state index >= 15 is 0 Å². The fraction of sp³-hybridized carbons (Fsp3) is 0.0625. The molecule has 2 aromatic rings. The number of ether oxygens (including phenoxy) is 1. The maximum atomic E-state index is 12.8. The number of carbonyl (C=O) groups excluding carboxylic acids is 3. The number of esters is 1. The van der Waals surface area contributed by atoms with Crippen molar-refractivity contribution in [1.82, 2.24) is 10.9 Å². The van der Waals surface area contributed by atoms with Crippen molar-refractivity contribution in [2.75, 3.05) is 7.11 Å². The van der Waals surface area contributed by atoms with Crippen LogP contribution in [-0.4, -0.2) is 24.9 Å². The van der Waals surface area contributed by atoms with Crippen molar-refractivity contribution in [3.8, 4) is 0 Å². The minimum Gasteiger partial charge on any atom is -0.465 e. The van der Waals surface area contributed by atoms with Gasteiger partial charge in [-0.1, -0.05) is 6.07 Å². The molecule has 0 radical (unpaired) electrons. The van der Waals surface area contributed by atoms with Gasteiger partial charge in [0.1, 0.15) is 5.82 Å². The summed E-state index contributed by atoms with van der Waals surface area (Å²) in [6, 6.07) is 10.7. The Balaban J connectivity index is 2.00. The van der Waals surface area contributed by atoms with Crippen LogP contribution in [0.1, 0.15) is 31.1 Å². The van der Waals surface area contributed by atoms with Gasteiger partial charge < -0.3 is 4.74 Å². The van der Waals surface area contributed by atoms with Crippen molar-refractivity contribution in [3.05, 3.63) is 71.0 Å². The molecule has 23 heavy (non-hydrogen) atoms. The highest BCUT2D eigenvalue weighted by Crippen LogP contribution is 2.06. The van der Waals surface area contributed by atoms with Crippen LogP contribution in [0.2, 0.25) is 0 Å². The molecule has 2 amide bonds. The first kappa shape index (κ1) is 16.2. The highest BCUT2D eigenvalue weighted by atomic mass is 19.1. The lowest BCUT2D eigenvalue weighted by Gasteiger charge is -2.08. The summed E-state index contributed by atoms with van der Waals surface area (Å²) in [5, 5.41) is 0. The second-order valence-corrected chi connectivity index (χ2v) is 4.49. The van der Waals surface area contributed by atoms with Gasteiger partial charge in [0.05, 0.1) is 12.7 Å². The van der Waals surface area contributed by atoms with Crippen molar-refractivity contribution >= 4 is 17.8 Å². The van der Waals surface area contributed by atoms with Crippen LogP contribution in [0.25, 0.3) is 0 Å². The van der Waals surface area contributed by atoms with Gasteiger partial charge in [-0.25, -0.2) is 9.18 Å². The van der Waals surface area contributed by atoms with E-state index in [4.69, 9.17) is 0 Å². The number of halogens is 1. The molecule has 0 fully saturated rings. The summed E-state index contributed by atoms with van der Waals surface area (Å²) in [4.78, 5) is 35.2. The van der Waals surface area contributed by atoms with Gasteiger partial charge in [0, 0.05) is 11.1 Å². The Morgan fingerprint density at radius 1 is 0.870 bits per heavy atom. The Morgan fingerprint density at radius 3 is 2.04 bits per heavy atom. The number of rotatable bonds is 3. The molecule has 118 valence electrons. The first-order valence-corrected chi connectivity index (χ1v) is 6.56. The molecule has 7 heteroatoms. The van der Waals surface area contributed by atoms with Crippen LogP contribution in [0.4, 0.5) is 4.39 Å². The zero-order valence-electron chi connectivity index (χ0n) is 12.1. The molecule has 0 saturated carbocycles. The molecule has 0 bridgehead atoms. The summed E-state index contributed by atoms with van der Waals surface area (Å²) in [6.45, 7) is 0. The third kappa shape index (κ3) is 4.13. The number of carbonyl (C=O) groups is 3. The standard InChI is InChI=1S/C16H13FN2O4/c1-23-16(22)12-4-2-3-11(9-12)15(21)19-18-14(20)10-5-7-13(17)8-6-10/h2-9H,1H3,(H,18,20)(H,19,21). The summed E-state index contributed by atoms with van der Waals surface area (Å²) < 4.78 is 17.3. The van der Waals surface area contributed by atoms with Crippen LogP contribution in [0.5, 0.6) is 0 Å². The minimum absolute atomic E-state index is 0.173. The van der Waals surface area contributed by atoms with Crippen molar-refractivity contribution in [2.45, 2.75) is 0 Å². The Morgan fingerprint density at radius 2 is 1.43 bits per heavy atom. The average Bonchev–Trinajstić information content (AvgIpc) is 2.59. The van der Waals surface area contributed by atoms with E-state index in [1.54, 1.807) is 0 Å². The number of hydrogen-bond donors (Lipinski definition) is 2. The lowest BCUT2D eigenvalue weighted by atomic mass is 10.1. The monoisotopic (exact) mass is 316 g/mol. The van der Waals surface area contributed by atoms with Gasteiger partial charge in [-0.3, -0.25) is 20.4 Å². The third-order valence-corrected chi connectivity index (χ3v) is 2.94. The smallest absolute Gasteiger partial charge is 0.337 e. The molecule has 0 unspecified atom stereocenters. The molecule has 0 aliphatic carbocycles. The summed E-state index contributed by atoms with van der Waals surface area (Å²) in [5.74, 6) is -2.24. The Labute approximate surface area is 131 Å². The number of methoxy groups -OCH3 is 1. The van der Waals surface area contributed by atoms with Crippen LogP contribution in [-0.2, 0) is 4.74 Å². The highest BCUT2D eigenvalue weighted by molar-refractivity contribution is 6.00. The lowest BCUT2D eigenvalue weighted by molar-refractivity contribution is 0.0600. The largest absolute Gasteiger partial charge is 0.465 e. The quantitative estimate of drug-likeness (QED) is 0.666. The molecule has 0 aliphatic heterocycles. The van der Waals surface area contributed by atoms with E-state index in [0.717, 1.165) is 12.1 Å². The van der Waals surface area contributed by atoms with E-state index in [1.165, 1.54) is 43.5 Å². The molecule has 0 spiro atoms. The second kappa shape index (κ2) is 7.17. The van der Waals surface area contributed by atoms with E-state index in [0.29, 0.717) is 0 Å². The molecule has 0 saturated heterocycles. The summed E-state index contributed by atoms with van der Waals surface area (Å²) in [6.07, 6.45) is 0. The summed E-state index contributed by atoms with van der Waals surface area (Å²) in [7, 11) is 1.23. The van der Waals surface area contributed by atoms with E-state index in [2.05, 4.69) is 15.6 Å². The highest BCUT2D eigenvalue weighted by Gasteiger charge is 2.12. The number of hydrogen-bond acceptors (Lipinski definition) is 4. The maximum Gasteiger partial charge on any atom is 0.337 e. The molecule has 6 nitrogen and oxygen atoms in total. The number of amides is 2. The molecule has 0 aromatic heterocycles. The first-order chi connectivity index (χ1) is 11.0. The Hall–Kier alpha value is -3.22. The minimum atomic E-state index is -0.605. The number of hydrazine groups is 1. The van der Waals surface area contributed by atoms with Gasteiger partial charge in [0.2, 0.25) is 0 Å². The van der Waals surface area contributed by atoms with Gasteiger partial charge in [-0.05, 0) is 42.5 Å². The zero-order chi connectivity index (χ0) is 16.8. The molecule has 2 rings (SSSR count). The van der Waals surface area contributed by atoms with E-state index in [9.17, 15) is 18.8 Å². The Bertz CT molecular complexity index is 744. The lowest BCUT2D eigenvalue weighted by Crippen LogP contribution is -2.41. The molecule has 0 atom stereocenters. The fourth-order valence-corrected chi connectivity index (χ4v) is 1.76. The molecule has 0 heterocycles. The van der Waals surface area contributed by atoms with Crippen LogP contribution < -0.4 is 10.9 Å². The van der Waals surface area contributed by atoms with Gasteiger partial charge >= 0.3 is 5.97 Å². The molecule has 2 aromatic carbocycles. The number of benzene rings is 2. The van der Waals surface area contributed by atoms with Gasteiger partial charge in [-0.2, -0.15) is 0 Å². The normalized spacial score (nSPS) is 9.83. The molecular weight excluding hydrogens is 303 g/mol. The van der Waals surface area contributed by atoms with Crippen molar-refractivity contribution in [2.24, 2.45) is 0 Å². The average molecular weight is 316 g/mol. The van der Waals surface area contributed by atoms with Gasteiger partial charge in [0.15, 0.2) is 0 Å². The van der Waals surface area contributed by atoms with Crippen LogP contribution in [0.3, 0.4) is 0 Å². The first-order valence-electron chi connectivity index (χ1n) is 6.56. The van der Waals surface area contributed by atoms with Crippen molar-refractivity contribution in [3.63, 3.8) is 0 Å². The van der Waals surface area contributed by atoms with Crippen molar-refractivity contribution in [1.29, 1.82) is 0 Å². The van der Waals surface area contributed by atoms with E-state index < -0.39 is 23.6 Å². The van der Waals surface area contributed by atoms with Gasteiger partial charge in [0.25, 0.3) is 11.8 Å². The van der Waals surface area contributed by atoms with Crippen molar-refractivity contribution < 1.29 is 23.5 Å². The third-order valence-electron chi connectivity index (χ3n) is 2.94. The molecule has 2 N–H and O–H groups in total. The predicted molar refractivity (Wildman–Crippen MR) is 79.1 cm³/mol. The summed E-state index contributed by atoms with van der Waals surface area (Å²) >= 11 is 0. The predicted octanol–water partition coefficient (Wildman–Crippen LogP) is 1.69. The van der Waals surface area contributed by atoms with E-state index in [1.807, 2.05) is 0 Å². The topological polar surface area (TPSA) is 84.5 Å². The summed E-state index contributed by atoms with van der Waals surface area (Å²) in [5.41, 5.74) is 4.99. The van der Waals surface area contributed by atoms with Crippen LogP contribution in [0.15, 0.2) is 48.5 Å². The molecule has 0 aliphatic rings. The SMILES string of the molecule is COC(=O)c1cccc(C(=O)NNC(=O)c2ccc(F)cc2)c1. The fourth-order valence-electron chi connectivity index (χ4n) is 1.76. The second-order valence-electron chi connectivity index (χ2n) is 4.49. The van der Waals surface area contributed by atoms with E-state index in [-0.39, 0.29) is 16.7 Å². The maximum absolute atomic E-state index is 12.8. The molecular formula is C16H13FN2O4. The van der Waals surface area contributed by atoms with Crippen LogP contribution >= 0.6 is 0 Å². The van der Waals surface area contributed by atoms with Gasteiger partial charge in [-0.15, -0.1) is 0 Å². The zero-order valence-corrected chi connectivity index (χ0v) is 12.1.